The van der Waals surface area contributed by atoms with Crippen molar-refractivity contribution in [2.75, 3.05) is 36.1 Å². The normalized spacial score (nSPS) is 18.8. The number of benzene rings is 2. The zero-order chi connectivity index (χ0) is 37.2. The number of imide groups is 1. The van der Waals surface area contributed by atoms with Gasteiger partial charge in [-0.3, -0.25) is 29.2 Å². The number of ether oxygens (including phenoxy) is 1. The average molecular weight is 741 g/mol. The Morgan fingerprint density at radius 2 is 1.87 bits per heavy atom. The van der Waals surface area contributed by atoms with Gasteiger partial charge in [0.2, 0.25) is 17.8 Å². The molecule has 2 aromatic carbocycles. The summed E-state index contributed by atoms with van der Waals surface area (Å²) in [5.74, 6) is 0.0894. The van der Waals surface area contributed by atoms with Gasteiger partial charge < -0.3 is 30.6 Å². The van der Waals surface area contributed by atoms with Crippen LogP contribution in [0.2, 0.25) is 5.02 Å². The number of nitrogens with one attached hydrogen (secondary N) is 5. The van der Waals surface area contributed by atoms with Gasteiger partial charge in [-0.25, -0.2) is 4.98 Å². The Morgan fingerprint density at radius 3 is 2.64 bits per heavy atom. The molecule has 1 unspecified atom stereocenters. The SMILES string of the molecule is CNC(=O)COc1cc2cc(Nc3nc(NC[C@H]4CC[C@@H](Nc5cccc6c(C7CCC(=O)NC7=O)nn(C)c56)CC4)ncc3Cl)ccc2n(C)c1=O. The summed E-state index contributed by atoms with van der Waals surface area (Å²) in [5, 5.41) is 22.0. The smallest absolute Gasteiger partial charge is 0.293 e. The van der Waals surface area contributed by atoms with E-state index in [1.165, 1.54) is 11.6 Å². The summed E-state index contributed by atoms with van der Waals surface area (Å²) in [6.45, 7) is 0.447. The second kappa shape index (κ2) is 15.1. The number of rotatable bonds is 11. The molecule has 16 heteroatoms. The number of para-hydroxylation sites is 1. The molecule has 1 atom stereocenters. The van der Waals surface area contributed by atoms with Gasteiger partial charge in [-0.2, -0.15) is 10.1 Å². The van der Waals surface area contributed by atoms with Crippen LogP contribution in [0.3, 0.4) is 0 Å². The molecule has 2 aliphatic rings. The molecule has 0 radical (unpaired) electrons. The molecule has 0 bridgehead atoms. The Balaban J connectivity index is 0.960. The van der Waals surface area contributed by atoms with Crippen LogP contribution in [-0.2, 0) is 28.5 Å². The van der Waals surface area contributed by atoms with Crippen LogP contribution in [0, 0.1) is 5.92 Å². The number of likely N-dealkylation sites (N-methyl/N-ethyl adjacent to an activating group) is 1. The Morgan fingerprint density at radius 1 is 1.06 bits per heavy atom. The topological polar surface area (TPSA) is 186 Å². The Hall–Kier alpha value is -5.70. The van der Waals surface area contributed by atoms with Crippen molar-refractivity contribution in [3.05, 3.63) is 69.7 Å². The molecule has 5 aromatic rings. The molecular weight excluding hydrogens is 700 g/mol. The fourth-order valence-electron chi connectivity index (χ4n) is 7.19. The van der Waals surface area contributed by atoms with E-state index in [4.69, 9.17) is 21.4 Å². The number of fused-ring (bicyclic) bond motifs is 2. The minimum absolute atomic E-state index is 0.0727. The van der Waals surface area contributed by atoms with Crippen LogP contribution >= 0.6 is 11.6 Å². The highest BCUT2D eigenvalue weighted by molar-refractivity contribution is 6.33. The monoisotopic (exact) mass is 740 g/mol. The maximum atomic E-state index is 12.7. The first-order chi connectivity index (χ1) is 25.6. The van der Waals surface area contributed by atoms with Crippen LogP contribution in [0.4, 0.5) is 23.1 Å². The highest BCUT2D eigenvalue weighted by atomic mass is 35.5. The maximum Gasteiger partial charge on any atom is 0.293 e. The largest absolute Gasteiger partial charge is 0.478 e. The van der Waals surface area contributed by atoms with Crippen molar-refractivity contribution in [2.24, 2.45) is 20.0 Å². The standard InChI is InChI=1S/C37H41ClN10O5/c1-39-31(50)19-53-29-16-21-15-23(11-13-28(21)47(2)36(29)52)43-34-26(38)18-41-37(45-34)40-17-20-7-9-22(10-8-20)42-27-6-4-5-24-32(46-48(3)33(24)27)25-12-14-30(49)44-35(25)51/h4-6,11,13,15-16,18,20,22,25,42H,7-10,12,14,17,19H2,1-3H3,(H,39,50)(H,44,49,51)(H2,40,41,43,45)/t20-,22+,25?. The zero-order valence-electron chi connectivity index (χ0n) is 29.7. The summed E-state index contributed by atoms with van der Waals surface area (Å²) < 4.78 is 8.79. The Labute approximate surface area is 309 Å². The average Bonchev–Trinajstić information content (AvgIpc) is 3.49. The van der Waals surface area contributed by atoms with Crippen molar-refractivity contribution in [2.45, 2.75) is 50.5 Å². The summed E-state index contributed by atoms with van der Waals surface area (Å²) in [7, 11) is 5.04. The van der Waals surface area contributed by atoms with Gasteiger partial charge in [0.05, 0.1) is 34.5 Å². The number of halogens is 1. The second-order valence-corrected chi connectivity index (χ2v) is 14.0. The van der Waals surface area contributed by atoms with E-state index in [9.17, 15) is 19.2 Å². The summed E-state index contributed by atoms with van der Waals surface area (Å²) in [5.41, 5.74) is 3.69. The van der Waals surface area contributed by atoms with Crippen molar-refractivity contribution in [1.29, 1.82) is 0 Å². The van der Waals surface area contributed by atoms with Gasteiger partial charge in [0.25, 0.3) is 11.5 Å². The summed E-state index contributed by atoms with van der Waals surface area (Å²) in [6.07, 6.45) is 6.33. The molecular formula is C37H41ClN10O5. The summed E-state index contributed by atoms with van der Waals surface area (Å²) >= 11 is 6.49. The third kappa shape index (κ3) is 7.61. The van der Waals surface area contributed by atoms with Gasteiger partial charge in [0.1, 0.15) is 5.02 Å². The fraction of sp³-hybridized carbons (Fsp3) is 0.378. The van der Waals surface area contributed by atoms with Crippen LogP contribution in [0.5, 0.6) is 5.75 Å². The van der Waals surface area contributed by atoms with E-state index in [2.05, 4.69) is 42.6 Å². The molecule has 15 nitrogen and oxygen atoms in total. The van der Waals surface area contributed by atoms with Crippen LogP contribution in [0.15, 0.2) is 53.5 Å². The zero-order valence-corrected chi connectivity index (χ0v) is 30.4. The first-order valence-electron chi connectivity index (χ1n) is 17.6. The first kappa shape index (κ1) is 35.7. The van der Waals surface area contributed by atoms with Crippen molar-refractivity contribution in [3.8, 4) is 5.75 Å². The molecule has 2 fully saturated rings. The van der Waals surface area contributed by atoms with Crippen molar-refractivity contribution >= 4 is 74.3 Å². The number of carbonyl (C=O) groups is 3. The molecule has 1 saturated heterocycles. The van der Waals surface area contributed by atoms with Crippen LogP contribution in [0.1, 0.15) is 50.1 Å². The number of aryl methyl sites for hydroxylation is 2. The number of amides is 3. The number of aromatic nitrogens is 5. The Bertz CT molecular complexity index is 2280. The quantitative estimate of drug-likeness (QED) is 0.121. The molecule has 5 N–H and O–H groups in total. The lowest BCUT2D eigenvalue weighted by Crippen LogP contribution is -2.39. The highest BCUT2D eigenvalue weighted by Gasteiger charge is 2.32. The van der Waals surface area contributed by atoms with E-state index in [0.29, 0.717) is 59.0 Å². The van der Waals surface area contributed by atoms with Gasteiger partial charge in [-0.15, -0.1) is 0 Å². The van der Waals surface area contributed by atoms with Gasteiger partial charge >= 0.3 is 0 Å². The molecule has 7 rings (SSSR count). The molecule has 1 aliphatic heterocycles. The molecule has 1 aliphatic carbocycles. The predicted molar refractivity (Wildman–Crippen MR) is 203 cm³/mol. The van der Waals surface area contributed by atoms with E-state index >= 15 is 0 Å². The lowest BCUT2D eigenvalue weighted by atomic mass is 9.86. The fourth-order valence-corrected chi connectivity index (χ4v) is 7.32. The second-order valence-electron chi connectivity index (χ2n) is 13.6. The first-order valence-corrected chi connectivity index (χ1v) is 18.0. The minimum Gasteiger partial charge on any atom is -0.478 e. The number of hydrogen-bond donors (Lipinski definition) is 5. The summed E-state index contributed by atoms with van der Waals surface area (Å²) in [4.78, 5) is 57.8. The molecule has 3 aromatic heterocycles. The third-order valence-corrected chi connectivity index (χ3v) is 10.3. The van der Waals surface area contributed by atoms with Crippen LogP contribution in [0.25, 0.3) is 21.8 Å². The third-order valence-electron chi connectivity index (χ3n) is 10.1. The molecule has 0 spiro atoms. The molecule has 53 heavy (non-hydrogen) atoms. The highest BCUT2D eigenvalue weighted by Crippen LogP contribution is 2.35. The van der Waals surface area contributed by atoms with E-state index in [0.717, 1.165) is 47.7 Å². The number of anilines is 4. The minimum atomic E-state index is -0.445. The lowest BCUT2D eigenvalue weighted by molar-refractivity contribution is -0.134. The maximum absolute atomic E-state index is 12.7. The van der Waals surface area contributed by atoms with Gasteiger partial charge in [-0.1, -0.05) is 23.7 Å². The van der Waals surface area contributed by atoms with Crippen LogP contribution < -0.4 is 36.9 Å². The molecule has 276 valence electrons. The van der Waals surface area contributed by atoms with Crippen molar-refractivity contribution in [3.63, 3.8) is 0 Å². The molecule has 4 heterocycles. The number of carbonyl (C=O) groups excluding carboxylic acids is 3. The van der Waals surface area contributed by atoms with E-state index < -0.39 is 5.92 Å². The van der Waals surface area contributed by atoms with E-state index in [1.807, 2.05) is 42.1 Å². The predicted octanol–water partition coefficient (Wildman–Crippen LogP) is 4.34. The van der Waals surface area contributed by atoms with E-state index in [1.54, 1.807) is 19.3 Å². The summed E-state index contributed by atoms with van der Waals surface area (Å²) in [6, 6.07) is 13.4. The van der Waals surface area contributed by atoms with E-state index in [-0.39, 0.29) is 41.7 Å². The number of pyridine rings is 1. The van der Waals surface area contributed by atoms with Crippen LogP contribution in [-0.4, -0.2) is 68.3 Å². The molecule has 3 amide bonds. The van der Waals surface area contributed by atoms with Crippen molar-refractivity contribution < 1.29 is 19.1 Å². The van der Waals surface area contributed by atoms with Gasteiger partial charge in [0, 0.05) is 56.6 Å². The lowest BCUT2D eigenvalue weighted by Gasteiger charge is -2.30. The van der Waals surface area contributed by atoms with Crippen molar-refractivity contribution in [1.82, 2.24) is 34.9 Å². The number of hydrogen-bond acceptors (Lipinski definition) is 11. The van der Waals surface area contributed by atoms with Gasteiger partial charge in [0.15, 0.2) is 18.2 Å². The van der Waals surface area contributed by atoms with Gasteiger partial charge in [-0.05, 0) is 68.4 Å². The Kier molecular flexibility index (Phi) is 10.2. The number of piperidine rings is 1. The molecule has 1 saturated carbocycles. The number of nitrogens with zero attached hydrogens (tertiary/aromatic N) is 5.